The van der Waals surface area contributed by atoms with Gasteiger partial charge >= 0.3 is 0 Å². The van der Waals surface area contributed by atoms with Crippen molar-refractivity contribution >= 4 is 16.8 Å². The molecule has 0 atom stereocenters. The zero-order valence-electron chi connectivity index (χ0n) is 12.1. The van der Waals surface area contributed by atoms with Gasteiger partial charge in [-0.05, 0) is 18.6 Å². The van der Waals surface area contributed by atoms with Crippen LogP contribution in [-0.2, 0) is 20.7 Å². The van der Waals surface area contributed by atoms with E-state index in [-0.39, 0.29) is 5.91 Å². The number of ether oxygens (including phenoxy) is 2. The fourth-order valence-corrected chi connectivity index (χ4v) is 2.64. The Labute approximate surface area is 123 Å². The first-order valence-corrected chi connectivity index (χ1v) is 7.26. The summed E-state index contributed by atoms with van der Waals surface area (Å²) >= 11 is 0. The molecular formula is C16H20N2O3. The maximum Gasteiger partial charge on any atom is 0.224 e. The molecule has 2 aromatic rings. The molecular weight excluding hydrogens is 268 g/mol. The summed E-state index contributed by atoms with van der Waals surface area (Å²) in [6.07, 6.45) is 2.93. The van der Waals surface area contributed by atoms with Gasteiger partial charge in [-0.25, -0.2) is 0 Å². The van der Waals surface area contributed by atoms with Crippen molar-refractivity contribution < 1.29 is 14.3 Å². The third-order valence-electron chi connectivity index (χ3n) is 3.83. The molecule has 0 radical (unpaired) electrons. The Balaban J connectivity index is 1.52. The minimum atomic E-state index is -0.548. The molecule has 2 heterocycles. The molecule has 0 bridgehead atoms. The van der Waals surface area contributed by atoms with Crippen LogP contribution in [0.1, 0.15) is 18.9 Å². The van der Waals surface area contributed by atoms with Crippen molar-refractivity contribution in [3.8, 4) is 0 Å². The minimum Gasteiger partial charge on any atom is -0.361 e. The molecule has 0 spiro atoms. The molecule has 21 heavy (non-hydrogen) atoms. The molecule has 3 rings (SSSR count). The van der Waals surface area contributed by atoms with Gasteiger partial charge in [0.15, 0.2) is 5.79 Å². The Morgan fingerprint density at radius 3 is 2.90 bits per heavy atom. The number of H-pyrrole nitrogens is 1. The van der Waals surface area contributed by atoms with E-state index in [2.05, 4.69) is 10.3 Å². The van der Waals surface area contributed by atoms with E-state index in [1.54, 1.807) is 0 Å². The topological polar surface area (TPSA) is 63.4 Å². The highest BCUT2D eigenvalue weighted by atomic mass is 16.7. The van der Waals surface area contributed by atoms with Crippen LogP contribution in [0.2, 0.25) is 0 Å². The van der Waals surface area contributed by atoms with Crippen LogP contribution in [0, 0.1) is 0 Å². The second kappa shape index (κ2) is 5.87. The highest BCUT2D eigenvalue weighted by Crippen LogP contribution is 2.22. The number of fused-ring (bicyclic) bond motifs is 1. The second-order valence-electron chi connectivity index (χ2n) is 5.47. The quantitative estimate of drug-likeness (QED) is 0.884. The largest absolute Gasteiger partial charge is 0.361 e. The molecule has 5 heteroatoms. The van der Waals surface area contributed by atoms with Crippen LogP contribution < -0.4 is 5.32 Å². The summed E-state index contributed by atoms with van der Waals surface area (Å²) in [5.41, 5.74) is 2.07. The molecule has 1 amide bonds. The summed E-state index contributed by atoms with van der Waals surface area (Å²) in [6.45, 7) is 3.71. The molecule has 112 valence electrons. The second-order valence-corrected chi connectivity index (χ2v) is 5.47. The number of amides is 1. The van der Waals surface area contributed by atoms with Crippen LogP contribution in [-0.4, -0.2) is 36.4 Å². The van der Waals surface area contributed by atoms with E-state index in [1.807, 2.05) is 37.4 Å². The van der Waals surface area contributed by atoms with E-state index in [0.29, 0.717) is 32.6 Å². The smallest absolute Gasteiger partial charge is 0.224 e. The molecule has 1 fully saturated rings. The van der Waals surface area contributed by atoms with E-state index < -0.39 is 5.79 Å². The Kier molecular flexibility index (Phi) is 3.94. The Morgan fingerprint density at radius 2 is 2.10 bits per heavy atom. The number of para-hydroxylation sites is 1. The molecule has 5 nitrogen and oxygen atoms in total. The molecule has 1 aliphatic rings. The van der Waals surface area contributed by atoms with E-state index in [0.717, 1.165) is 16.5 Å². The van der Waals surface area contributed by atoms with Gasteiger partial charge in [-0.3, -0.25) is 4.79 Å². The number of hydrogen-bond acceptors (Lipinski definition) is 3. The number of carbonyl (C=O) groups excluding carboxylic acids is 1. The monoisotopic (exact) mass is 288 g/mol. The van der Waals surface area contributed by atoms with E-state index in [9.17, 15) is 4.79 Å². The predicted octanol–water partition coefficient (Wildman–Crippen LogP) is 1.98. The minimum absolute atomic E-state index is 0.0151. The van der Waals surface area contributed by atoms with Crippen LogP contribution >= 0.6 is 0 Å². The van der Waals surface area contributed by atoms with Crippen LogP contribution in [0.5, 0.6) is 0 Å². The van der Waals surface area contributed by atoms with Crippen LogP contribution in [0.4, 0.5) is 0 Å². The lowest BCUT2D eigenvalue weighted by Gasteiger charge is -2.22. The number of aromatic nitrogens is 1. The van der Waals surface area contributed by atoms with Crippen molar-refractivity contribution in [3.05, 3.63) is 36.0 Å². The summed E-state index contributed by atoms with van der Waals surface area (Å²) in [7, 11) is 0. The lowest BCUT2D eigenvalue weighted by molar-refractivity contribution is -0.146. The summed E-state index contributed by atoms with van der Waals surface area (Å²) in [4.78, 5) is 15.2. The van der Waals surface area contributed by atoms with Crippen LogP contribution in [0.15, 0.2) is 30.5 Å². The van der Waals surface area contributed by atoms with Crippen molar-refractivity contribution in [2.45, 2.75) is 25.6 Å². The van der Waals surface area contributed by atoms with Gasteiger partial charge in [-0.1, -0.05) is 18.2 Å². The van der Waals surface area contributed by atoms with E-state index in [4.69, 9.17) is 9.47 Å². The number of hydrogen-bond donors (Lipinski definition) is 2. The summed E-state index contributed by atoms with van der Waals surface area (Å²) < 4.78 is 11.0. The third kappa shape index (κ3) is 3.25. The number of aromatic amines is 1. The average molecular weight is 288 g/mol. The van der Waals surface area contributed by atoms with Crippen molar-refractivity contribution in [1.29, 1.82) is 0 Å². The molecule has 0 saturated carbocycles. The predicted molar refractivity (Wildman–Crippen MR) is 79.9 cm³/mol. The maximum absolute atomic E-state index is 12.0. The van der Waals surface area contributed by atoms with Gasteiger partial charge in [0.2, 0.25) is 5.91 Å². The first-order valence-electron chi connectivity index (χ1n) is 7.26. The average Bonchev–Trinajstić information content (AvgIpc) is 3.07. The fourth-order valence-electron chi connectivity index (χ4n) is 2.64. The number of rotatable bonds is 5. The molecule has 1 saturated heterocycles. The summed E-state index contributed by atoms with van der Waals surface area (Å²) in [5, 5.41) is 4.02. The highest BCUT2D eigenvalue weighted by Gasteiger charge is 2.30. The standard InChI is InChI=1S/C16H20N2O3/c1-16(20-8-9-21-16)6-7-17-15(19)10-12-11-18-14-5-3-2-4-13(12)14/h2-5,11,18H,6-10H2,1H3,(H,17,19). The zero-order valence-corrected chi connectivity index (χ0v) is 12.1. The van der Waals surface area contributed by atoms with Crippen molar-refractivity contribution in [2.24, 2.45) is 0 Å². The SMILES string of the molecule is CC1(CCNC(=O)Cc2c[nH]c3ccccc23)OCCO1. The molecule has 1 aromatic carbocycles. The normalized spacial score (nSPS) is 17.2. The van der Waals surface area contributed by atoms with Gasteiger partial charge in [0.25, 0.3) is 0 Å². The van der Waals surface area contributed by atoms with Crippen LogP contribution in [0.3, 0.4) is 0 Å². The zero-order chi connectivity index (χ0) is 14.7. The summed E-state index contributed by atoms with van der Waals surface area (Å²) in [5.74, 6) is -0.532. The van der Waals surface area contributed by atoms with Gasteiger partial charge in [-0.15, -0.1) is 0 Å². The molecule has 1 aromatic heterocycles. The lowest BCUT2D eigenvalue weighted by Crippen LogP contribution is -2.34. The van der Waals surface area contributed by atoms with Crippen molar-refractivity contribution in [3.63, 3.8) is 0 Å². The Morgan fingerprint density at radius 1 is 1.33 bits per heavy atom. The van der Waals surface area contributed by atoms with Gasteiger partial charge in [0.1, 0.15) is 0 Å². The fraction of sp³-hybridized carbons (Fsp3) is 0.438. The lowest BCUT2D eigenvalue weighted by atomic mass is 10.1. The van der Waals surface area contributed by atoms with Gasteiger partial charge < -0.3 is 19.8 Å². The Bertz CT molecular complexity index is 629. The molecule has 1 aliphatic heterocycles. The van der Waals surface area contributed by atoms with E-state index >= 15 is 0 Å². The summed E-state index contributed by atoms with van der Waals surface area (Å²) in [6, 6.07) is 7.99. The first kappa shape index (κ1) is 14.1. The number of benzene rings is 1. The van der Waals surface area contributed by atoms with Crippen LogP contribution in [0.25, 0.3) is 10.9 Å². The third-order valence-corrected chi connectivity index (χ3v) is 3.83. The Hall–Kier alpha value is -1.85. The van der Waals surface area contributed by atoms with Crippen molar-refractivity contribution in [2.75, 3.05) is 19.8 Å². The molecule has 0 aliphatic carbocycles. The highest BCUT2D eigenvalue weighted by molar-refractivity contribution is 5.88. The number of nitrogens with one attached hydrogen (secondary N) is 2. The maximum atomic E-state index is 12.0. The van der Waals surface area contributed by atoms with Crippen molar-refractivity contribution in [1.82, 2.24) is 10.3 Å². The van der Waals surface area contributed by atoms with E-state index in [1.165, 1.54) is 0 Å². The van der Waals surface area contributed by atoms with Gasteiger partial charge in [-0.2, -0.15) is 0 Å². The molecule has 2 N–H and O–H groups in total. The van der Waals surface area contributed by atoms with Gasteiger partial charge in [0, 0.05) is 30.1 Å². The molecule has 0 unspecified atom stereocenters. The van der Waals surface area contributed by atoms with Gasteiger partial charge in [0.05, 0.1) is 19.6 Å². The number of carbonyl (C=O) groups is 1. The first-order chi connectivity index (χ1) is 10.2.